The first-order valence-corrected chi connectivity index (χ1v) is 19.5. The van der Waals surface area contributed by atoms with E-state index in [0.29, 0.717) is 35.5 Å². The van der Waals surface area contributed by atoms with Gasteiger partial charge in [-0.2, -0.15) is 5.10 Å². The molecule has 5 nitrogen and oxygen atoms in total. The summed E-state index contributed by atoms with van der Waals surface area (Å²) in [6.07, 6.45) is 7.74. The molecule has 52 heavy (non-hydrogen) atoms. The van der Waals surface area contributed by atoms with Gasteiger partial charge in [-0.3, -0.25) is 4.57 Å². The largest absolute Gasteiger partial charge is 0.457 e. The molecule has 0 bridgehead atoms. The summed E-state index contributed by atoms with van der Waals surface area (Å²) in [5, 5.41) is 7.71. The third-order valence-electron chi connectivity index (χ3n) is 11.2. The maximum atomic E-state index is 6.84. The summed E-state index contributed by atoms with van der Waals surface area (Å²) in [5.41, 5.74) is 11.2. The van der Waals surface area contributed by atoms with Gasteiger partial charge in [0, 0.05) is 46.3 Å². The Bertz CT molecular complexity index is 2260. The number of para-hydroxylation sites is 1. The monoisotopic (exact) mass is 692 g/mol. The minimum Gasteiger partial charge on any atom is -0.457 e. The standard InChI is InChI=1S/C47H56N4O/c1-28(2)15-18-43-47(46-32(8)21-31(7)22-33(46)9)34(10)49-51(43)37-23-36(30(5)6)24-39(26-37)52-38-16-17-41-40-13-11-12-14-42(40)50(44(41)27-38)45-25-35(29(3)4)19-20-48-45/h11-14,16-17,19-21,23-31,33,46H,15,18,22H2,1-10H3/t31-,33-,46?/m0/s1. The maximum Gasteiger partial charge on any atom is 0.137 e. The third kappa shape index (κ3) is 6.83. The molecule has 1 aliphatic rings. The Balaban J connectivity index is 1.34. The van der Waals surface area contributed by atoms with Gasteiger partial charge in [-0.05, 0) is 116 Å². The van der Waals surface area contributed by atoms with Crippen LogP contribution in [0.25, 0.3) is 33.3 Å². The predicted octanol–water partition coefficient (Wildman–Crippen LogP) is 13.0. The van der Waals surface area contributed by atoms with Crippen LogP contribution in [0.3, 0.4) is 0 Å². The van der Waals surface area contributed by atoms with Crippen LogP contribution in [0.2, 0.25) is 0 Å². The van der Waals surface area contributed by atoms with Gasteiger partial charge in [-0.1, -0.05) is 85.2 Å². The van der Waals surface area contributed by atoms with E-state index in [-0.39, 0.29) is 0 Å². The van der Waals surface area contributed by atoms with E-state index in [9.17, 15) is 0 Å². The number of aryl methyl sites for hydroxylation is 1. The number of aromatic nitrogens is 4. The second-order valence-corrected chi connectivity index (χ2v) is 16.5. The number of allylic oxidation sites excluding steroid dienone is 2. The van der Waals surface area contributed by atoms with Crippen molar-refractivity contribution < 1.29 is 4.74 Å². The molecule has 7 rings (SSSR count). The Morgan fingerprint density at radius 1 is 0.788 bits per heavy atom. The molecule has 5 heteroatoms. The van der Waals surface area contributed by atoms with Crippen molar-refractivity contribution in [2.24, 2.45) is 17.8 Å². The van der Waals surface area contributed by atoms with Crippen LogP contribution in [-0.4, -0.2) is 19.3 Å². The Hall–Kier alpha value is -4.64. The maximum absolute atomic E-state index is 6.84. The molecule has 0 N–H and O–H groups in total. The molecule has 1 unspecified atom stereocenters. The molecule has 3 heterocycles. The number of benzene rings is 3. The average molecular weight is 693 g/mol. The lowest BCUT2D eigenvalue weighted by Gasteiger charge is -2.33. The zero-order valence-electron chi connectivity index (χ0n) is 32.9. The molecule has 0 amide bonds. The van der Waals surface area contributed by atoms with Gasteiger partial charge in [-0.15, -0.1) is 0 Å². The smallest absolute Gasteiger partial charge is 0.137 e. The summed E-state index contributed by atoms with van der Waals surface area (Å²) in [5.74, 6) is 5.46. The van der Waals surface area contributed by atoms with E-state index >= 15 is 0 Å². The van der Waals surface area contributed by atoms with Gasteiger partial charge in [0.2, 0.25) is 0 Å². The average Bonchev–Trinajstić information content (AvgIpc) is 3.60. The molecular weight excluding hydrogens is 637 g/mol. The Morgan fingerprint density at radius 2 is 1.54 bits per heavy atom. The molecule has 270 valence electrons. The first-order valence-electron chi connectivity index (χ1n) is 19.5. The van der Waals surface area contributed by atoms with Crippen molar-refractivity contribution in [2.75, 3.05) is 0 Å². The van der Waals surface area contributed by atoms with Crippen LogP contribution in [-0.2, 0) is 6.42 Å². The van der Waals surface area contributed by atoms with E-state index in [2.05, 4.69) is 157 Å². The topological polar surface area (TPSA) is 44.9 Å². The van der Waals surface area contributed by atoms with Gasteiger partial charge in [0.05, 0.1) is 22.4 Å². The van der Waals surface area contributed by atoms with E-state index in [4.69, 9.17) is 14.8 Å². The zero-order chi connectivity index (χ0) is 36.8. The fourth-order valence-electron chi connectivity index (χ4n) is 8.61. The molecule has 3 atom stereocenters. The van der Waals surface area contributed by atoms with Gasteiger partial charge in [0.1, 0.15) is 17.3 Å². The Morgan fingerprint density at radius 3 is 2.27 bits per heavy atom. The highest BCUT2D eigenvalue weighted by Gasteiger charge is 2.32. The minimum atomic E-state index is 0.326. The molecule has 3 aromatic heterocycles. The molecule has 0 radical (unpaired) electrons. The second-order valence-electron chi connectivity index (χ2n) is 16.5. The first-order chi connectivity index (χ1) is 24.9. The predicted molar refractivity (Wildman–Crippen MR) is 218 cm³/mol. The summed E-state index contributed by atoms with van der Waals surface area (Å²) in [6, 6.07) is 26.1. The first kappa shape index (κ1) is 35.7. The molecule has 0 saturated carbocycles. The summed E-state index contributed by atoms with van der Waals surface area (Å²) < 4.78 is 11.4. The van der Waals surface area contributed by atoms with Crippen molar-refractivity contribution >= 4 is 21.8 Å². The van der Waals surface area contributed by atoms with Gasteiger partial charge < -0.3 is 4.74 Å². The highest BCUT2D eigenvalue weighted by Crippen LogP contribution is 2.44. The van der Waals surface area contributed by atoms with Gasteiger partial charge in [0.15, 0.2) is 0 Å². The fraction of sp³-hybridized carbons (Fsp3) is 0.404. The third-order valence-corrected chi connectivity index (χ3v) is 11.2. The lowest BCUT2D eigenvalue weighted by molar-refractivity contribution is 0.389. The Labute approximate surface area is 310 Å². The summed E-state index contributed by atoms with van der Waals surface area (Å²) in [6.45, 7) is 22.9. The van der Waals surface area contributed by atoms with Crippen LogP contribution in [0.1, 0.15) is 121 Å². The van der Waals surface area contributed by atoms with Crippen LogP contribution >= 0.6 is 0 Å². The number of hydrogen-bond acceptors (Lipinski definition) is 3. The number of ether oxygens (including phenoxy) is 1. The normalized spacial score (nSPS) is 17.9. The van der Waals surface area contributed by atoms with Crippen LogP contribution < -0.4 is 4.74 Å². The van der Waals surface area contributed by atoms with Crippen molar-refractivity contribution in [3.63, 3.8) is 0 Å². The second kappa shape index (κ2) is 14.4. The highest BCUT2D eigenvalue weighted by atomic mass is 16.5. The van der Waals surface area contributed by atoms with Crippen LogP contribution in [0.5, 0.6) is 11.5 Å². The molecule has 6 aromatic rings. The molecule has 0 spiro atoms. The van der Waals surface area contributed by atoms with Crippen molar-refractivity contribution in [1.29, 1.82) is 0 Å². The summed E-state index contributed by atoms with van der Waals surface area (Å²) >= 11 is 0. The SMILES string of the molecule is CC1=C[C@H](C)C[C@H](C)C1c1c(C)nn(-c2cc(Oc3ccc4c5ccccc5n(-c5cc(C(C)C)ccn5)c4c3)cc(C(C)C)c2)c1CCC(C)C. The van der Waals surface area contributed by atoms with E-state index in [0.717, 1.165) is 52.6 Å². The van der Waals surface area contributed by atoms with Crippen molar-refractivity contribution in [2.45, 2.75) is 106 Å². The summed E-state index contributed by atoms with van der Waals surface area (Å²) in [4.78, 5) is 4.85. The zero-order valence-corrected chi connectivity index (χ0v) is 32.9. The molecule has 0 aliphatic heterocycles. The number of pyridine rings is 1. The molecule has 1 aliphatic carbocycles. The van der Waals surface area contributed by atoms with Gasteiger partial charge in [-0.25, -0.2) is 9.67 Å². The van der Waals surface area contributed by atoms with Crippen molar-refractivity contribution in [1.82, 2.24) is 19.3 Å². The molecular formula is C47H56N4O. The number of rotatable bonds is 10. The minimum absolute atomic E-state index is 0.326. The number of nitrogens with zero attached hydrogens (tertiary/aromatic N) is 4. The lowest BCUT2D eigenvalue weighted by atomic mass is 9.72. The van der Waals surface area contributed by atoms with E-state index < -0.39 is 0 Å². The van der Waals surface area contributed by atoms with Gasteiger partial charge in [0.25, 0.3) is 0 Å². The van der Waals surface area contributed by atoms with Gasteiger partial charge >= 0.3 is 0 Å². The number of fused-ring (bicyclic) bond motifs is 3. The molecule has 0 fully saturated rings. The van der Waals surface area contributed by atoms with E-state index in [1.807, 2.05) is 6.20 Å². The van der Waals surface area contributed by atoms with Crippen molar-refractivity contribution in [3.05, 3.63) is 119 Å². The van der Waals surface area contributed by atoms with E-state index in [1.165, 1.54) is 45.2 Å². The fourth-order valence-corrected chi connectivity index (χ4v) is 8.61. The van der Waals surface area contributed by atoms with Crippen LogP contribution in [0, 0.1) is 24.7 Å². The highest BCUT2D eigenvalue weighted by molar-refractivity contribution is 6.09. The van der Waals surface area contributed by atoms with Crippen molar-refractivity contribution in [3.8, 4) is 23.0 Å². The molecule has 0 saturated heterocycles. The lowest BCUT2D eigenvalue weighted by Crippen LogP contribution is -2.21. The number of hydrogen-bond donors (Lipinski definition) is 0. The Kier molecular flexibility index (Phi) is 9.91. The van der Waals surface area contributed by atoms with Crippen LogP contribution in [0.15, 0.2) is 90.6 Å². The molecule has 3 aromatic carbocycles. The van der Waals surface area contributed by atoms with E-state index in [1.54, 1.807) is 0 Å². The summed E-state index contributed by atoms with van der Waals surface area (Å²) in [7, 11) is 0. The van der Waals surface area contributed by atoms with Crippen LogP contribution in [0.4, 0.5) is 0 Å². The quantitative estimate of drug-likeness (QED) is 0.134.